The lowest BCUT2D eigenvalue weighted by atomic mass is 10.4. The Morgan fingerprint density at radius 3 is 2.50 bits per heavy atom. The van der Waals surface area contributed by atoms with E-state index in [-0.39, 0.29) is 15.6 Å². The van der Waals surface area contributed by atoms with E-state index in [0.29, 0.717) is 5.69 Å². The zero-order chi connectivity index (χ0) is 12.5. The molecule has 0 aliphatic heterocycles. The average Bonchev–Trinajstić information content (AvgIpc) is 2.45. The van der Waals surface area contributed by atoms with Gasteiger partial charge in [-0.1, -0.05) is 17.4 Å². The van der Waals surface area contributed by atoms with Gasteiger partial charge in [-0.3, -0.25) is 0 Å². The summed E-state index contributed by atoms with van der Waals surface area (Å²) < 4.78 is 31.0. The summed E-state index contributed by atoms with van der Waals surface area (Å²) in [5.41, 5.74) is 5.64. The van der Waals surface area contributed by atoms with Crippen LogP contribution in [0.15, 0.2) is 9.42 Å². The zero-order valence-electron chi connectivity index (χ0n) is 9.14. The molecule has 0 amide bonds. The molecule has 0 bridgehead atoms. The first-order valence-electron chi connectivity index (χ1n) is 4.50. The second kappa shape index (κ2) is 4.48. The third-order valence-corrected chi connectivity index (χ3v) is 4.13. The molecule has 1 unspecified atom stereocenters. The Morgan fingerprint density at radius 2 is 2.12 bits per heavy atom. The van der Waals surface area contributed by atoms with Crippen LogP contribution in [0.25, 0.3) is 0 Å². The van der Waals surface area contributed by atoms with Gasteiger partial charge in [-0.25, -0.2) is 13.1 Å². The number of thiocarbonyl (C=S) groups is 1. The van der Waals surface area contributed by atoms with E-state index in [0.717, 1.165) is 0 Å². The number of nitrogens with one attached hydrogen (secondary N) is 1. The first-order chi connectivity index (χ1) is 7.25. The normalized spacial score (nSPS) is 13.7. The van der Waals surface area contributed by atoms with Crippen LogP contribution in [0.4, 0.5) is 0 Å². The molecule has 0 aromatic carbocycles. The lowest BCUT2D eigenvalue weighted by Crippen LogP contribution is -2.41. The number of hydrogen-bond donors (Lipinski definition) is 2. The molecule has 0 saturated carbocycles. The second-order valence-corrected chi connectivity index (χ2v) is 5.52. The van der Waals surface area contributed by atoms with Gasteiger partial charge in [0.15, 0.2) is 5.76 Å². The molecule has 3 N–H and O–H groups in total. The Bertz CT molecular complexity index is 487. The Kier molecular flexibility index (Phi) is 3.66. The van der Waals surface area contributed by atoms with Gasteiger partial charge >= 0.3 is 0 Å². The van der Waals surface area contributed by atoms with Crippen molar-refractivity contribution in [2.75, 3.05) is 0 Å². The lowest BCUT2D eigenvalue weighted by Gasteiger charge is -2.11. The van der Waals surface area contributed by atoms with Gasteiger partial charge in [0.2, 0.25) is 10.0 Å². The predicted molar refractivity (Wildman–Crippen MR) is 62.5 cm³/mol. The van der Waals surface area contributed by atoms with Crippen LogP contribution in [0.5, 0.6) is 0 Å². The number of rotatable bonds is 4. The smallest absolute Gasteiger partial charge is 0.246 e. The molecule has 1 heterocycles. The lowest BCUT2D eigenvalue weighted by molar-refractivity contribution is 0.390. The Hall–Kier alpha value is -0.990. The van der Waals surface area contributed by atoms with Gasteiger partial charge in [0.05, 0.1) is 11.0 Å². The summed E-state index contributed by atoms with van der Waals surface area (Å²) >= 11 is 4.69. The number of nitrogens with two attached hydrogens (primary N) is 1. The van der Waals surface area contributed by atoms with E-state index in [4.69, 9.17) is 22.5 Å². The molecule has 1 aromatic heterocycles. The zero-order valence-corrected chi connectivity index (χ0v) is 10.8. The molecule has 0 radical (unpaired) electrons. The highest BCUT2D eigenvalue weighted by atomic mass is 32.2. The molecule has 16 heavy (non-hydrogen) atoms. The molecule has 0 fully saturated rings. The van der Waals surface area contributed by atoms with E-state index in [9.17, 15) is 8.42 Å². The first kappa shape index (κ1) is 13.1. The summed E-state index contributed by atoms with van der Waals surface area (Å²) in [5, 5.41) is 3.58. The van der Waals surface area contributed by atoms with Crippen molar-refractivity contribution < 1.29 is 12.9 Å². The van der Waals surface area contributed by atoms with Crippen LogP contribution in [0.1, 0.15) is 18.4 Å². The van der Waals surface area contributed by atoms with E-state index in [1.54, 1.807) is 13.8 Å². The number of hydrogen-bond acceptors (Lipinski definition) is 5. The molecule has 0 aliphatic carbocycles. The van der Waals surface area contributed by atoms with Crippen molar-refractivity contribution in [2.45, 2.75) is 31.7 Å². The minimum absolute atomic E-state index is 0.0376. The summed E-state index contributed by atoms with van der Waals surface area (Å²) in [6, 6.07) is -0.617. The Morgan fingerprint density at radius 1 is 1.56 bits per heavy atom. The van der Waals surface area contributed by atoms with Crippen LogP contribution >= 0.6 is 12.2 Å². The molecule has 0 spiro atoms. The average molecular weight is 263 g/mol. The molecule has 0 saturated heterocycles. The van der Waals surface area contributed by atoms with Crippen LogP contribution in [-0.4, -0.2) is 24.6 Å². The third kappa shape index (κ3) is 2.57. The van der Waals surface area contributed by atoms with Gasteiger partial charge in [0.1, 0.15) is 10.6 Å². The van der Waals surface area contributed by atoms with E-state index in [2.05, 4.69) is 9.88 Å². The molecule has 1 rings (SSSR count). The first-order valence-corrected chi connectivity index (χ1v) is 6.39. The largest absolute Gasteiger partial charge is 0.392 e. The van der Waals surface area contributed by atoms with Crippen molar-refractivity contribution in [1.29, 1.82) is 0 Å². The van der Waals surface area contributed by atoms with Crippen LogP contribution in [-0.2, 0) is 10.0 Å². The van der Waals surface area contributed by atoms with Crippen molar-refractivity contribution in [1.82, 2.24) is 9.88 Å². The molecule has 0 aliphatic rings. The van der Waals surface area contributed by atoms with Gasteiger partial charge in [-0.05, 0) is 20.8 Å². The molecular formula is C8H13N3O3S2. The van der Waals surface area contributed by atoms with Crippen LogP contribution in [0.3, 0.4) is 0 Å². The van der Waals surface area contributed by atoms with Crippen molar-refractivity contribution in [2.24, 2.45) is 5.73 Å². The molecule has 8 heteroatoms. The van der Waals surface area contributed by atoms with E-state index < -0.39 is 16.1 Å². The summed E-state index contributed by atoms with van der Waals surface area (Å²) in [6.45, 7) is 4.65. The fourth-order valence-electron chi connectivity index (χ4n) is 1.21. The van der Waals surface area contributed by atoms with Crippen LogP contribution < -0.4 is 10.5 Å². The highest BCUT2D eigenvalue weighted by molar-refractivity contribution is 7.89. The molecule has 90 valence electrons. The highest BCUT2D eigenvalue weighted by Gasteiger charge is 2.26. The predicted octanol–water partition coefficient (Wildman–Crippen LogP) is 0.244. The summed E-state index contributed by atoms with van der Waals surface area (Å²) in [4.78, 5) is 0.117. The fourth-order valence-corrected chi connectivity index (χ4v) is 2.89. The standard InChI is InChI=1S/C8H13N3O3S2/c1-4-7(6(3)14-10-4)16(12,13)11-5(2)8(9)15/h5,11H,1-3H3,(H2,9,15). The minimum Gasteiger partial charge on any atom is -0.392 e. The summed E-state index contributed by atoms with van der Waals surface area (Å²) in [5.74, 6) is 0.236. The summed E-state index contributed by atoms with van der Waals surface area (Å²) in [7, 11) is -3.70. The van der Waals surface area contributed by atoms with Crippen molar-refractivity contribution >= 4 is 27.2 Å². The fraction of sp³-hybridized carbons (Fsp3) is 0.500. The Labute approximate surface area is 99.2 Å². The quantitative estimate of drug-likeness (QED) is 0.755. The van der Waals surface area contributed by atoms with Crippen LogP contribution in [0, 0.1) is 13.8 Å². The van der Waals surface area contributed by atoms with Gasteiger partial charge in [-0.2, -0.15) is 0 Å². The SMILES string of the molecule is Cc1noc(C)c1S(=O)(=O)NC(C)C(N)=S. The van der Waals surface area contributed by atoms with E-state index in [1.165, 1.54) is 6.92 Å². The third-order valence-electron chi connectivity index (χ3n) is 2.00. The van der Waals surface area contributed by atoms with Crippen molar-refractivity contribution in [3.05, 3.63) is 11.5 Å². The van der Waals surface area contributed by atoms with Gasteiger partial charge in [0.25, 0.3) is 0 Å². The number of aryl methyl sites for hydroxylation is 2. The molecule has 1 aromatic rings. The monoisotopic (exact) mass is 263 g/mol. The maximum absolute atomic E-state index is 11.9. The number of nitrogens with zero attached hydrogens (tertiary/aromatic N) is 1. The van der Waals surface area contributed by atoms with Crippen molar-refractivity contribution in [3.63, 3.8) is 0 Å². The topological polar surface area (TPSA) is 98.2 Å². The van der Waals surface area contributed by atoms with Gasteiger partial charge < -0.3 is 10.3 Å². The molecular weight excluding hydrogens is 250 g/mol. The summed E-state index contributed by atoms with van der Waals surface area (Å²) in [6.07, 6.45) is 0. The number of aromatic nitrogens is 1. The maximum atomic E-state index is 11.9. The highest BCUT2D eigenvalue weighted by Crippen LogP contribution is 2.18. The molecule has 6 nitrogen and oxygen atoms in total. The van der Waals surface area contributed by atoms with E-state index in [1.807, 2.05) is 0 Å². The van der Waals surface area contributed by atoms with Gasteiger partial charge in [-0.15, -0.1) is 0 Å². The van der Waals surface area contributed by atoms with Crippen LogP contribution in [0.2, 0.25) is 0 Å². The van der Waals surface area contributed by atoms with E-state index >= 15 is 0 Å². The maximum Gasteiger partial charge on any atom is 0.246 e. The Balaban J connectivity index is 3.09. The van der Waals surface area contributed by atoms with Gasteiger partial charge in [0, 0.05) is 0 Å². The molecule has 1 atom stereocenters. The second-order valence-electron chi connectivity index (χ2n) is 3.40. The number of sulfonamides is 1. The van der Waals surface area contributed by atoms with Crippen molar-refractivity contribution in [3.8, 4) is 0 Å². The minimum atomic E-state index is -3.70.